The van der Waals surface area contributed by atoms with Gasteiger partial charge in [-0.3, -0.25) is 9.59 Å². The minimum absolute atomic E-state index is 0.0512. The van der Waals surface area contributed by atoms with E-state index >= 15 is 0 Å². The van der Waals surface area contributed by atoms with Gasteiger partial charge < -0.3 is 19.9 Å². The average Bonchev–Trinajstić information content (AvgIpc) is 3.15. The third kappa shape index (κ3) is 3.84. The SMILES string of the molecule is CN(C(=O)CCCOC1=CC2=CNC3=C(N=CCC3=O)N2C1)C1CCCCC1. The molecule has 4 rings (SSSR count). The molecular weight excluding hydrogens is 356 g/mol. The molecule has 1 saturated carbocycles. The molecule has 0 bridgehead atoms. The van der Waals surface area contributed by atoms with Crippen LogP contribution in [0.2, 0.25) is 0 Å². The number of aliphatic imine (C=N–C) groups is 1. The van der Waals surface area contributed by atoms with Crippen LogP contribution >= 0.6 is 0 Å². The van der Waals surface area contributed by atoms with E-state index in [2.05, 4.69) is 10.3 Å². The number of allylic oxidation sites excluding steroid dienone is 2. The maximum Gasteiger partial charge on any atom is 0.222 e. The van der Waals surface area contributed by atoms with Gasteiger partial charge in [-0.05, 0) is 19.3 Å². The molecular formula is C21H28N4O3. The summed E-state index contributed by atoms with van der Waals surface area (Å²) in [5.74, 6) is 1.76. The smallest absolute Gasteiger partial charge is 0.222 e. The van der Waals surface area contributed by atoms with Gasteiger partial charge >= 0.3 is 0 Å². The van der Waals surface area contributed by atoms with Crippen molar-refractivity contribution < 1.29 is 14.3 Å². The van der Waals surface area contributed by atoms with Gasteiger partial charge in [-0.1, -0.05) is 19.3 Å². The molecule has 7 nitrogen and oxygen atoms in total. The number of rotatable bonds is 6. The van der Waals surface area contributed by atoms with Crippen molar-refractivity contribution in [3.8, 4) is 0 Å². The van der Waals surface area contributed by atoms with Crippen LogP contribution in [0.15, 0.2) is 40.2 Å². The van der Waals surface area contributed by atoms with Crippen molar-refractivity contribution in [3.63, 3.8) is 0 Å². The Hall–Kier alpha value is -2.57. The number of Topliss-reactive ketones (excluding diaryl/α,β-unsaturated/α-hetero) is 1. The molecule has 1 aliphatic carbocycles. The highest BCUT2D eigenvalue weighted by Crippen LogP contribution is 2.31. The summed E-state index contributed by atoms with van der Waals surface area (Å²) < 4.78 is 5.90. The van der Waals surface area contributed by atoms with Gasteiger partial charge in [0.2, 0.25) is 5.91 Å². The summed E-state index contributed by atoms with van der Waals surface area (Å²) in [6.45, 7) is 1.08. The first-order chi connectivity index (χ1) is 13.6. The number of ketones is 1. The predicted molar refractivity (Wildman–Crippen MR) is 106 cm³/mol. The van der Waals surface area contributed by atoms with Gasteiger partial charge in [0.1, 0.15) is 11.5 Å². The zero-order chi connectivity index (χ0) is 19.5. The Morgan fingerprint density at radius 2 is 2.18 bits per heavy atom. The summed E-state index contributed by atoms with van der Waals surface area (Å²) in [4.78, 5) is 32.7. The summed E-state index contributed by atoms with van der Waals surface area (Å²) in [7, 11) is 1.94. The maximum atomic E-state index is 12.4. The van der Waals surface area contributed by atoms with Crippen LogP contribution < -0.4 is 5.32 Å². The second kappa shape index (κ2) is 8.20. The molecule has 4 aliphatic rings. The van der Waals surface area contributed by atoms with E-state index in [9.17, 15) is 9.59 Å². The first-order valence-electron chi connectivity index (χ1n) is 10.3. The molecule has 3 heterocycles. The third-order valence-corrected chi connectivity index (χ3v) is 5.89. The first-order valence-corrected chi connectivity index (χ1v) is 10.3. The standard InChI is InChI=1S/C21H28N4O3/c1-24(15-6-3-2-4-7-15)19(27)8-5-11-28-17-12-16-13-23-20-18(26)9-10-22-21(20)25(16)14-17/h10,12-13,15,23H,2-9,11,14H2,1H3. The Kier molecular flexibility index (Phi) is 5.50. The second-order valence-corrected chi connectivity index (χ2v) is 7.80. The Morgan fingerprint density at radius 3 is 3.00 bits per heavy atom. The molecule has 0 atom stereocenters. The summed E-state index contributed by atoms with van der Waals surface area (Å²) in [5.41, 5.74) is 1.49. The highest BCUT2D eigenvalue weighted by atomic mass is 16.5. The number of carbonyl (C=O) groups is 2. The molecule has 3 aliphatic heterocycles. The topological polar surface area (TPSA) is 74.2 Å². The molecule has 1 N–H and O–H groups in total. The van der Waals surface area contributed by atoms with Gasteiger partial charge in [0.05, 0.1) is 18.8 Å². The van der Waals surface area contributed by atoms with Crippen molar-refractivity contribution in [2.45, 2.75) is 57.4 Å². The number of amides is 1. The largest absolute Gasteiger partial charge is 0.496 e. The van der Waals surface area contributed by atoms with Crippen molar-refractivity contribution in [2.75, 3.05) is 20.2 Å². The van der Waals surface area contributed by atoms with Crippen molar-refractivity contribution in [1.82, 2.24) is 15.1 Å². The molecule has 150 valence electrons. The van der Waals surface area contributed by atoms with E-state index in [1.54, 1.807) is 6.21 Å². The Labute approximate surface area is 165 Å². The zero-order valence-corrected chi connectivity index (χ0v) is 16.4. The van der Waals surface area contributed by atoms with E-state index in [0.29, 0.717) is 50.0 Å². The molecule has 28 heavy (non-hydrogen) atoms. The van der Waals surface area contributed by atoms with Crippen molar-refractivity contribution in [2.24, 2.45) is 4.99 Å². The van der Waals surface area contributed by atoms with Gasteiger partial charge in [-0.15, -0.1) is 0 Å². The van der Waals surface area contributed by atoms with Crippen LogP contribution in [0, 0.1) is 0 Å². The first kappa shape index (κ1) is 18.8. The lowest BCUT2D eigenvalue weighted by Crippen LogP contribution is -2.38. The molecule has 0 radical (unpaired) electrons. The maximum absolute atomic E-state index is 12.4. The quantitative estimate of drug-likeness (QED) is 0.712. The van der Waals surface area contributed by atoms with Crippen molar-refractivity contribution in [3.05, 3.63) is 35.3 Å². The number of hydrogen-bond donors (Lipinski definition) is 1. The van der Waals surface area contributed by atoms with E-state index in [-0.39, 0.29) is 11.7 Å². The minimum atomic E-state index is 0.0512. The number of fused-ring (bicyclic) bond motifs is 2. The van der Waals surface area contributed by atoms with Crippen molar-refractivity contribution in [1.29, 1.82) is 0 Å². The normalized spacial score (nSPS) is 21.6. The summed E-state index contributed by atoms with van der Waals surface area (Å²) >= 11 is 0. The van der Waals surface area contributed by atoms with Crippen LogP contribution in [0.5, 0.6) is 0 Å². The lowest BCUT2D eigenvalue weighted by atomic mass is 9.94. The summed E-state index contributed by atoms with van der Waals surface area (Å²) in [5, 5.41) is 3.05. The van der Waals surface area contributed by atoms with Crippen LogP contribution in [0.1, 0.15) is 51.4 Å². The zero-order valence-electron chi connectivity index (χ0n) is 16.4. The lowest BCUT2D eigenvalue weighted by molar-refractivity contribution is -0.132. The highest BCUT2D eigenvalue weighted by Gasteiger charge is 2.31. The van der Waals surface area contributed by atoms with Crippen LogP contribution in [-0.2, 0) is 14.3 Å². The average molecular weight is 384 g/mol. The monoisotopic (exact) mass is 384 g/mol. The third-order valence-electron chi connectivity index (χ3n) is 5.89. The fourth-order valence-corrected chi connectivity index (χ4v) is 4.22. The molecule has 0 spiro atoms. The molecule has 0 aromatic heterocycles. The van der Waals surface area contributed by atoms with E-state index in [1.165, 1.54) is 19.3 Å². The Bertz CT molecular complexity index is 775. The van der Waals surface area contributed by atoms with E-state index < -0.39 is 0 Å². The number of nitrogens with zero attached hydrogens (tertiary/aromatic N) is 3. The fraction of sp³-hybridized carbons (Fsp3) is 0.571. The predicted octanol–water partition coefficient (Wildman–Crippen LogP) is 2.43. The Morgan fingerprint density at radius 1 is 1.36 bits per heavy atom. The van der Waals surface area contributed by atoms with Gasteiger partial charge in [0.15, 0.2) is 11.6 Å². The molecule has 0 unspecified atom stereocenters. The van der Waals surface area contributed by atoms with Crippen LogP contribution in [0.25, 0.3) is 0 Å². The van der Waals surface area contributed by atoms with Gasteiger partial charge in [0.25, 0.3) is 0 Å². The van der Waals surface area contributed by atoms with Crippen molar-refractivity contribution >= 4 is 17.9 Å². The highest BCUT2D eigenvalue weighted by molar-refractivity contribution is 6.05. The second-order valence-electron chi connectivity index (χ2n) is 7.80. The number of carbonyl (C=O) groups excluding carboxylic acids is 2. The van der Waals surface area contributed by atoms with E-state index in [4.69, 9.17) is 4.74 Å². The number of hydrogen-bond acceptors (Lipinski definition) is 6. The summed E-state index contributed by atoms with van der Waals surface area (Å²) in [6, 6.07) is 0.413. The molecule has 0 aromatic rings. The molecule has 1 fully saturated rings. The van der Waals surface area contributed by atoms with Gasteiger partial charge in [0, 0.05) is 44.4 Å². The molecule has 7 heteroatoms. The molecule has 0 saturated heterocycles. The number of ether oxygens (including phenoxy) is 1. The van der Waals surface area contributed by atoms with Crippen LogP contribution in [0.3, 0.4) is 0 Å². The Balaban J connectivity index is 1.23. The number of nitrogens with one attached hydrogen (secondary N) is 1. The van der Waals surface area contributed by atoms with Gasteiger partial charge in [-0.2, -0.15) is 0 Å². The van der Waals surface area contributed by atoms with Crippen LogP contribution in [-0.4, -0.2) is 53.9 Å². The van der Waals surface area contributed by atoms with E-state index in [1.807, 2.05) is 29.1 Å². The molecule has 0 aromatic carbocycles. The van der Waals surface area contributed by atoms with E-state index in [0.717, 1.165) is 24.3 Å². The fourth-order valence-electron chi connectivity index (χ4n) is 4.22. The lowest BCUT2D eigenvalue weighted by Gasteiger charge is -2.31. The summed E-state index contributed by atoms with van der Waals surface area (Å²) in [6.07, 6.45) is 13.0. The van der Waals surface area contributed by atoms with Gasteiger partial charge in [-0.25, -0.2) is 4.99 Å². The minimum Gasteiger partial charge on any atom is -0.496 e. The van der Waals surface area contributed by atoms with Crippen LogP contribution in [0.4, 0.5) is 0 Å². The molecule has 1 amide bonds.